The monoisotopic (exact) mass is 425 g/mol. The molecule has 27 heavy (non-hydrogen) atoms. The van der Waals surface area contributed by atoms with E-state index in [-0.39, 0.29) is 5.82 Å². The summed E-state index contributed by atoms with van der Waals surface area (Å²) in [5.41, 5.74) is 2.39. The highest BCUT2D eigenvalue weighted by atomic mass is 35.5. The second-order valence-corrected chi connectivity index (χ2v) is 9.35. The summed E-state index contributed by atoms with van der Waals surface area (Å²) in [6, 6.07) is 6.40. The molecule has 2 aliphatic heterocycles. The van der Waals surface area contributed by atoms with Gasteiger partial charge in [0.25, 0.3) is 5.25 Å². The highest BCUT2D eigenvalue weighted by molar-refractivity contribution is 7.98. The first-order valence-corrected chi connectivity index (χ1v) is 11.2. The molecule has 0 spiro atoms. The molecule has 2 aliphatic rings. The molecule has 4 rings (SSSR count). The topological polar surface area (TPSA) is 70.5 Å². The minimum absolute atomic E-state index is 0.254. The van der Waals surface area contributed by atoms with E-state index in [4.69, 9.17) is 11.6 Å². The van der Waals surface area contributed by atoms with Gasteiger partial charge in [-0.3, -0.25) is 4.21 Å². The third kappa shape index (κ3) is 4.16. The fourth-order valence-corrected chi connectivity index (χ4v) is 5.15. The summed E-state index contributed by atoms with van der Waals surface area (Å²) in [5, 5.41) is 2.88. The van der Waals surface area contributed by atoms with E-state index in [2.05, 4.69) is 20.3 Å². The molecule has 0 bridgehead atoms. The molecule has 1 aromatic heterocycles. The number of fused-ring (bicyclic) bond motifs is 1. The van der Waals surface area contributed by atoms with Gasteiger partial charge in [-0.05, 0) is 17.7 Å². The van der Waals surface area contributed by atoms with Gasteiger partial charge in [0, 0.05) is 41.1 Å². The molecule has 0 saturated carbocycles. The molecule has 3 heterocycles. The number of anilines is 1. The third-order valence-corrected chi connectivity index (χ3v) is 7.14. The van der Waals surface area contributed by atoms with Crippen LogP contribution >= 0.6 is 23.4 Å². The Balaban J connectivity index is 1.53. The van der Waals surface area contributed by atoms with E-state index in [1.165, 1.54) is 30.2 Å². The summed E-state index contributed by atoms with van der Waals surface area (Å²) in [4.78, 5) is 15.0. The van der Waals surface area contributed by atoms with Crippen LogP contribution in [-0.2, 0) is 16.6 Å². The molecular formula is C17H17ClFN5OS2. The molecular weight excluding hydrogens is 409 g/mol. The number of thioether (sulfide) groups is 1. The van der Waals surface area contributed by atoms with Gasteiger partial charge in [0.05, 0.1) is 11.9 Å². The minimum Gasteiger partial charge on any atom is -0.332 e. The van der Waals surface area contributed by atoms with Crippen LogP contribution in [0, 0.1) is 5.82 Å². The van der Waals surface area contributed by atoms with Crippen LogP contribution in [0.5, 0.6) is 0 Å². The van der Waals surface area contributed by atoms with Crippen molar-refractivity contribution in [1.82, 2.24) is 14.9 Å². The van der Waals surface area contributed by atoms with Crippen molar-refractivity contribution >= 4 is 46.1 Å². The number of nitrogens with zero attached hydrogens (tertiary/aromatic N) is 4. The molecule has 0 radical (unpaired) electrons. The van der Waals surface area contributed by atoms with Crippen molar-refractivity contribution in [3.05, 3.63) is 47.7 Å². The van der Waals surface area contributed by atoms with Crippen molar-refractivity contribution in [3.63, 3.8) is 0 Å². The fourth-order valence-electron chi connectivity index (χ4n) is 2.87. The molecule has 10 heteroatoms. The lowest BCUT2D eigenvalue weighted by Gasteiger charge is -2.40. The summed E-state index contributed by atoms with van der Waals surface area (Å²) < 4.78 is 24.7. The van der Waals surface area contributed by atoms with Crippen molar-refractivity contribution < 1.29 is 8.60 Å². The molecule has 1 fully saturated rings. The van der Waals surface area contributed by atoms with E-state index >= 15 is 0 Å². The Bertz CT molecular complexity index is 887. The maximum absolute atomic E-state index is 13.1. The molecule has 1 unspecified atom stereocenters. The average Bonchev–Trinajstić information content (AvgIpc) is 2.68. The second kappa shape index (κ2) is 7.83. The first kappa shape index (κ1) is 18.8. The molecule has 1 saturated heterocycles. The third-order valence-electron chi connectivity index (χ3n) is 4.37. The standard InChI is InChI=1S/C17H17ClFN5OS2/c18-17(24-5-7-27(25)8-6-24)22-9-14-15(23-17)16(21-11-20-14)26-10-12-1-3-13(19)4-2-12/h1-4,9,11,23H,5-8,10H2. The van der Waals surface area contributed by atoms with E-state index in [9.17, 15) is 8.60 Å². The zero-order valence-electron chi connectivity index (χ0n) is 14.3. The summed E-state index contributed by atoms with van der Waals surface area (Å²) in [7, 11) is -0.795. The van der Waals surface area contributed by atoms with Crippen LogP contribution in [0.2, 0.25) is 0 Å². The zero-order chi connectivity index (χ0) is 18.9. The van der Waals surface area contributed by atoms with Crippen molar-refractivity contribution in [2.24, 2.45) is 4.99 Å². The number of hydrogen-bond acceptors (Lipinski definition) is 7. The van der Waals surface area contributed by atoms with Crippen LogP contribution in [0.15, 0.2) is 40.6 Å². The van der Waals surface area contributed by atoms with E-state index < -0.39 is 16.0 Å². The van der Waals surface area contributed by atoms with Gasteiger partial charge in [0.1, 0.15) is 22.9 Å². The Morgan fingerprint density at radius 1 is 1.26 bits per heavy atom. The normalized spacial score (nSPS) is 23.0. The number of aliphatic imine (C=N–C) groups is 1. The average molecular weight is 426 g/mol. The zero-order valence-corrected chi connectivity index (χ0v) is 16.7. The number of alkyl halides is 1. The van der Waals surface area contributed by atoms with Crippen LogP contribution in [0.1, 0.15) is 11.3 Å². The fraction of sp³-hybridized carbons (Fsp3) is 0.353. The highest BCUT2D eigenvalue weighted by Gasteiger charge is 2.39. The largest absolute Gasteiger partial charge is 0.332 e. The van der Waals surface area contributed by atoms with Gasteiger partial charge in [-0.2, -0.15) is 0 Å². The number of halogens is 2. The number of hydrogen-bond donors (Lipinski definition) is 1. The second-order valence-electron chi connectivity index (χ2n) is 6.16. The summed E-state index contributed by atoms with van der Waals surface area (Å²) >= 11 is 8.27. The molecule has 1 atom stereocenters. The highest BCUT2D eigenvalue weighted by Crippen LogP contribution is 2.36. The van der Waals surface area contributed by atoms with Crippen LogP contribution in [0.3, 0.4) is 0 Å². The minimum atomic E-state index is -1.13. The maximum Gasteiger partial charge on any atom is 0.268 e. The maximum atomic E-state index is 13.1. The van der Waals surface area contributed by atoms with Gasteiger partial charge in [0.15, 0.2) is 0 Å². The lowest BCUT2D eigenvalue weighted by Crippen LogP contribution is -2.55. The van der Waals surface area contributed by atoms with Crippen molar-refractivity contribution in [2.45, 2.75) is 16.0 Å². The quantitative estimate of drug-likeness (QED) is 0.351. The van der Waals surface area contributed by atoms with Crippen LogP contribution in [-0.4, -0.2) is 55.1 Å². The first-order valence-electron chi connectivity index (χ1n) is 8.38. The lowest BCUT2D eigenvalue weighted by molar-refractivity contribution is 0.206. The SMILES string of the molecule is O=S1CCN(C2(Cl)N=Cc3ncnc(SCc4ccc(F)cc4)c3N2)CC1. The van der Waals surface area contributed by atoms with Gasteiger partial charge in [-0.1, -0.05) is 35.5 Å². The van der Waals surface area contributed by atoms with Gasteiger partial charge >= 0.3 is 0 Å². The predicted molar refractivity (Wildman–Crippen MR) is 107 cm³/mol. The molecule has 142 valence electrons. The summed E-state index contributed by atoms with van der Waals surface area (Å²) in [6.45, 7) is 1.20. The molecule has 6 nitrogen and oxygen atoms in total. The Labute approximate surface area is 168 Å². The molecule has 1 aromatic carbocycles. The van der Waals surface area contributed by atoms with E-state index in [0.717, 1.165) is 16.3 Å². The predicted octanol–water partition coefficient (Wildman–Crippen LogP) is 2.67. The van der Waals surface area contributed by atoms with Crippen molar-refractivity contribution in [1.29, 1.82) is 0 Å². The smallest absolute Gasteiger partial charge is 0.268 e. The Kier molecular flexibility index (Phi) is 5.45. The number of benzene rings is 1. The Hall–Kier alpha value is -1.55. The van der Waals surface area contributed by atoms with Crippen molar-refractivity contribution in [3.8, 4) is 0 Å². The van der Waals surface area contributed by atoms with Crippen LogP contribution in [0.25, 0.3) is 0 Å². The van der Waals surface area contributed by atoms with Gasteiger partial charge in [-0.15, -0.1) is 0 Å². The van der Waals surface area contributed by atoms with Crippen LogP contribution in [0.4, 0.5) is 10.1 Å². The Morgan fingerprint density at radius 2 is 2.00 bits per heavy atom. The molecule has 0 amide bonds. The van der Waals surface area contributed by atoms with Gasteiger partial charge in [0.2, 0.25) is 0 Å². The number of rotatable bonds is 4. The first-order chi connectivity index (χ1) is 13.0. The lowest BCUT2D eigenvalue weighted by atomic mass is 10.2. The van der Waals surface area contributed by atoms with E-state index in [0.29, 0.717) is 36.0 Å². The van der Waals surface area contributed by atoms with Crippen LogP contribution < -0.4 is 5.32 Å². The van der Waals surface area contributed by atoms with Crippen molar-refractivity contribution in [2.75, 3.05) is 29.9 Å². The van der Waals surface area contributed by atoms with E-state index in [1.54, 1.807) is 18.3 Å². The molecule has 1 N–H and O–H groups in total. The number of nitrogens with one attached hydrogen (secondary N) is 1. The van der Waals surface area contributed by atoms with E-state index in [1.807, 2.05) is 4.90 Å². The molecule has 0 aliphatic carbocycles. The number of aromatic nitrogens is 2. The molecule has 2 aromatic rings. The van der Waals surface area contributed by atoms with Gasteiger partial charge < -0.3 is 5.32 Å². The summed E-state index contributed by atoms with van der Waals surface area (Å²) in [5.74, 6) is 1.54. The van der Waals surface area contributed by atoms with Gasteiger partial charge in [-0.25, -0.2) is 24.3 Å². The summed E-state index contributed by atoms with van der Waals surface area (Å²) in [6.07, 6.45) is 3.14. The Morgan fingerprint density at radius 3 is 2.74 bits per heavy atom.